The Bertz CT molecular complexity index is 654. The number of hydrogen-bond donors (Lipinski definition) is 0. The second kappa shape index (κ2) is 5.09. The summed E-state index contributed by atoms with van der Waals surface area (Å²) in [5.41, 5.74) is 1.47. The number of carbonyl (C=O) groups excluding carboxylic acids is 1. The molecule has 1 fully saturated rings. The van der Waals surface area contributed by atoms with Gasteiger partial charge < -0.3 is 4.90 Å². The van der Waals surface area contributed by atoms with Crippen LogP contribution in [0.15, 0.2) is 18.3 Å². The Hall–Kier alpha value is -1.56. The van der Waals surface area contributed by atoms with E-state index >= 15 is 0 Å². The molecular weight excluding hydrogens is 272 g/mol. The molecule has 6 heteroatoms. The molecule has 1 amide bonds. The largest absolute Gasteiger partial charge is 0.334 e. The number of carbonyl (C=O) groups is 1. The number of amides is 1. The van der Waals surface area contributed by atoms with Gasteiger partial charge in [0.25, 0.3) is 5.91 Å². The van der Waals surface area contributed by atoms with Gasteiger partial charge in [0.1, 0.15) is 5.82 Å². The van der Waals surface area contributed by atoms with Crippen molar-refractivity contribution in [2.24, 2.45) is 0 Å². The molecule has 3 heterocycles. The summed E-state index contributed by atoms with van der Waals surface area (Å²) in [6.07, 6.45) is 1.84. The molecule has 2 atom stereocenters. The minimum Gasteiger partial charge on any atom is -0.334 e. The highest BCUT2D eigenvalue weighted by molar-refractivity contribution is 8.00. The quantitative estimate of drug-likeness (QED) is 0.806. The van der Waals surface area contributed by atoms with Crippen LogP contribution in [0.2, 0.25) is 0 Å². The van der Waals surface area contributed by atoms with Crippen molar-refractivity contribution in [3.8, 4) is 0 Å². The SMILES string of the molecule is Cc1nnc2ccc(C(=O)N3CCSC(C)C3C)cn12. The van der Waals surface area contributed by atoms with Crippen molar-refractivity contribution >= 4 is 23.3 Å². The van der Waals surface area contributed by atoms with Crippen LogP contribution in [0.5, 0.6) is 0 Å². The second-order valence-electron chi connectivity index (χ2n) is 5.21. The third-order valence-corrected chi connectivity index (χ3v) is 5.30. The Labute approximate surface area is 122 Å². The van der Waals surface area contributed by atoms with Crippen LogP contribution in [0.3, 0.4) is 0 Å². The van der Waals surface area contributed by atoms with Gasteiger partial charge in [-0.1, -0.05) is 6.92 Å². The minimum atomic E-state index is 0.0969. The molecule has 2 unspecified atom stereocenters. The number of pyridine rings is 1. The van der Waals surface area contributed by atoms with Gasteiger partial charge in [0.2, 0.25) is 0 Å². The number of rotatable bonds is 1. The average molecular weight is 290 g/mol. The van der Waals surface area contributed by atoms with E-state index < -0.39 is 0 Å². The Morgan fingerprint density at radius 1 is 1.35 bits per heavy atom. The van der Waals surface area contributed by atoms with Gasteiger partial charge in [-0.05, 0) is 26.0 Å². The van der Waals surface area contributed by atoms with Gasteiger partial charge in [-0.25, -0.2) is 0 Å². The average Bonchev–Trinajstić information content (AvgIpc) is 2.82. The molecule has 0 spiro atoms. The maximum Gasteiger partial charge on any atom is 0.255 e. The zero-order valence-electron chi connectivity index (χ0n) is 11.9. The number of nitrogens with zero attached hydrogens (tertiary/aromatic N) is 4. The Balaban J connectivity index is 1.93. The Kier molecular flexibility index (Phi) is 3.41. The first-order chi connectivity index (χ1) is 9.58. The summed E-state index contributed by atoms with van der Waals surface area (Å²) in [6, 6.07) is 3.95. The van der Waals surface area contributed by atoms with Gasteiger partial charge in [-0.3, -0.25) is 9.20 Å². The van der Waals surface area contributed by atoms with Gasteiger partial charge in [0.05, 0.1) is 5.56 Å². The molecule has 2 aromatic heterocycles. The second-order valence-corrected chi connectivity index (χ2v) is 6.69. The molecule has 0 radical (unpaired) electrons. The van der Waals surface area contributed by atoms with E-state index in [1.54, 1.807) is 0 Å². The van der Waals surface area contributed by atoms with E-state index in [1.165, 1.54) is 0 Å². The molecular formula is C14H18N4OS. The maximum atomic E-state index is 12.7. The molecule has 1 aliphatic rings. The number of aryl methyl sites for hydroxylation is 1. The van der Waals surface area contributed by atoms with E-state index in [9.17, 15) is 4.79 Å². The molecule has 106 valence electrons. The fourth-order valence-electron chi connectivity index (χ4n) is 2.52. The van der Waals surface area contributed by atoms with E-state index in [4.69, 9.17) is 0 Å². The first-order valence-corrected chi connectivity index (χ1v) is 7.87. The first-order valence-electron chi connectivity index (χ1n) is 6.82. The Morgan fingerprint density at radius 2 is 2.15 bits per heavy atom. The lowest BCUT2D eigenvalue weighted by Crippen LogP contribution is -2.48. The normalized spacial score (nSPS) is 23.2. The fraction of sp³-hybridized carbons (Fsp3) is 0.500. The first kappa shape index (κ1) is 13.4. The van der Waals surface area contributed by atoms with Crippen LogP contribution >= 0.6 is 11.8 Å². The summed E-state index contributed by atoms with van der Waals surface area (Å²) in [7, 11) is 0. The third kappa shape index (κ3) is 2.18. The highest BCUT2D eigenvalue weighted by atomic mass is 32.2. The third-order valence-electron chi connectivity index (χ3n) is 3.96. The summed E-state index contributed by atoms with van der Waals surface area (Å²) in [4.78, 5) is 14.7. The van der Waals surface area contributed by atoms with Crippen LogP contribution in [-0.2, 0) is 0 Å². The van der Waals surface area contributed by atoms with Crippen LogP contribution in [0.25, 0.3) is 5.65 Å². The van der Waals surface area contributed by atoms with E-state index in [0.29, 0.717) is 10.8 Å². The van der Waals surface area contributed by atoms with Crippen LogP contribution in [-0.4, -0.2) is 49.0 Å². The zero-order valence-corrected chi connectivity index (χ0v) is 12.7. The molecule has 2 aromatic rings. The maximum absolute atomic E-state index is 12.7. The molecule has 0 bridgehead atoms. The van der Waals surface area contributed by atoms with Crippen molar-refractivity contribution in [2.75, 3.05) is 12.3 Å². The predicted octanol–water partition coefficient (Wildman–Crippen LogP) is 2.00. The van der Waals surface area contributed by atoms with Gasteiger partial charge in [0.15, 0.2) is 5.65 Å². The smallest absolute Gasteiger partial charge is 0.255 e. The molecule has 0 aromatic carbocycles. The van der Waals surface area contributed by atoms with Gasteiger partial charge in [0, 0.05) is 29.8 Å². The van der Waals surface area contributed by atoms with Crippen molar-refractivity contribution in [2.45, 2.75) is 32.1 Å². The van der Waals surface area contributed by atoms with E-state index in [0.717, 1.165) is 23.8 Å². The summed E-state index contributed by atoms with van der Waals surface area (Å²) in [5, 5.41) is 8.54. The van der Waals surface area contributed by atoms with Crippen molar-refractivity contribution < 1.29 is 4.79 Å². The summed E-state index contributed by atoms with van der Waals surface area (Å²) in [5.74, 6) is 1.90. The summed E-state index contributed by atoms with van der Waals surface area (Å²) >= 11 is 1.93. The zero-order chi connectivity index (χ0) is 14.3. The van der Waals surface area contributed by atoms with Gasteiger partial charge in [-0.2, -0.15) is 11.8 Å². The number of aromatic nitrogens is 3. The van der Waals surface area contributed by atoms with Crippen molar-refractivity contribution in [1.29, 1.82) is 0 Å². The lowest BCUT2D eigenvalue weighted by Gasteiger charge is -2.37. The van der Waals surface area contributed by atoms with Gasteiger partial charge >= 0.3 is 0 Å². The lowest BCUT2D eigenvalue weighted by atomic mass is 10.1. The van der Waals surface area contributed by atoms with E-state index in [-0.39, 0.29) is 11.9 Å². The van der Waals surface area contributed by atoms with Crippen LogP contribution in [0, 0.1) is 6.92 Å². The van der Waals surface area contributed by atoms with Crippen molar-refractivity contribution in [3.63, 3.8) is 0 Å². The number of thioether (sulfide) groups is 1. The van der Waals surface area contributed by atoms with Crippen molar-refractivity contribution in [3.05, 3.63) is 29.7 Å². The molecule has 20 heavy (non-hydrogen) atoms. The number of fused-ring (bicyclic) bond motifs is 1. The Morgan fingerprint density at radius 3 is 2.95 bits per heavy atom. The standard InChI is InChI=1S/C14H18N4OS/c1-9-10(2)20-7-6-17(9)14(19)12-4-5-13-16-15-11(3)18(13)8-12/h4-5,8-10H,6-7H2,1-3H3. The fourth-order valence-corrected chi connectivity index (χ4v) is 3.62. The highest BCUT2D eigenvalue weighted by Crippen LogP contribution is 2.25. The number of hydrogen-bond acceptors (Lipinski definition) is 4. The van der Waals surface area contributed by atoms with Crippen LogP contribution < -0.4 is 0 Å². The summed E-state index contributed by atoms with van der Waals surface area (Å²) in [6.45, 7) is 7.00. The molecule has 0 N–H and O–H groups in total. The monoisotopic (exact) mass is 290 g/mol. The molecule has 0 aliphatic carbocycles. The predicted molar refractivity (Wildman–Crippen MR) is 80.1 cm³/mol. The highest BCUT2D eigenvalue weighted by Gasteiger charge is 2.29. The molecule has 3 rings (SSSR count). The lowest BCUT2D eigenvalue weighted by molar-refractivity contribution is 0.0697. The topological polar surface area (TPSA) is 50.5 Å². The minimum absolute atomic E-state index is 0.0969. The van der Waals surface area contributed by atoms with Crippen LogP contribution in [0.1, 0.15) is 30.0 Å². The van der Waals surface area contributed by atoms with Crippen molar-refractivity contribution in [1.82, 2.24) is 19.5 Å². The molecule has 5 nitrogen and oxygen atoms in total. The molecule has 1 aliphatic heterocycles. The van der Waals surface area contributed by atoms with E-state index in [2.05, 4.69) is 24.0 Å². The van der Waals surface area contributed by atoms with Crippen LogP contribution in [0.4, 0.5) is 0 Å². The molecule has 0 saturated carbocycles. The molecule has 1 saturated heterocycles. The summed E-state index contributed by atoms with van der Waals surface area (Å²) < 4.78 is 1.86. The van der Waals surface area contributed by atoms with E-state index in [1.807, 2.05) is 46.3 Å². The van der Waals surface area contributed by atoms with Gasteiger partial charge in [-0.15, -0.1) is 10.2 Å².